The third-order valence-electron chi connectivity index (χ3n) is 4.42. The van der Waals surface area contributed by atoms with Crippen LogP contribution in [0.15, 0.2) is 53.6 Å². The van der Waals surface area contributed by atoms with Crippen LogP contribution in [0.1, 0.15) is 13.3 Å². The molecule has 0 bridgehead atoms. The van der Waals surface area contributed by atoms with Crippen LogP contribution in [0, 0.1) is 0 Å². The number of para-hydroxylation sites is 1. The first-order valence-corrected chi connectivity index (χ1v) is 10.1. The van der Waals surface area contributed by atoms with E-state index in [4.69, 9.17) is 23.2 Å². The molecule has 2 aromatic carbocycles. The molecule has 3 aromatic rings. The summed E-state index contributed by atoms with van der Waals surface area (Å²) in [6, 6.07) is 11.7. The molecule has 1 heterocycles. The molecule has 3 rings (SSSR count). The number of carbonyl (C=O) groups is 2. The van der Waals surface area contributed by atoms with Crippen molar-refractivity contribution < 1.29 is 9.59 Å². The van der Waals surface area contributed by atoms with Gasteiger partial charge >= 0.3 is 0 Å². The Balaban J connectivity index is 1.73. The number of hydrogen-bond acceptors (Lipinski definition) is 4. The third-order valence-corrected chi connectivity index (χ3v) is 4.99. The summed E-state index contributed by atoms with van der Waals surface area (Å²) in [6.07, 6.45) is 2.00. The summed E-state index contributed by atoms with van der Waals surface area (Å²) in [5, 5.41) is 3.87. The van der Waals surface area contributed by atoms with Gasteiger partial charge in [-0.3, -0.25) is 19.0 Å². The maximum absolute atomic E-state index is 12.8. The molecule has 0 radical (unpaired) electrons. The van der Waals surface area contributed by atoms with Crippen molar-refractivity contribution in [1.29, 1.82) is 0 Å². The SMILES string of the molecule is CCCN(CC(=O)Nc1cc(Cl)ccc1Cl)C(=O)Cn1cnc2ccccc2c1=O. The van der Waals surface area contributed by atoms with Crippen molar-refractivity contribution in [1.82, 2.24) is 14.5 Å². The molecule has 0 spiro atoms. The Hall–Kier alpha value is -2.90. The summed E-state index contributed by atoms with van der Waals surface area (Å²) >= 11 is 12.0. The zero-order valence-corrected chi connectivity index (χ0v) is 17.8. The van der Waals surface area contributed by atoms with Crippen LogP contribution in [-0.2, 0) is 16.1 Å². The predicted octanol–water partition coefficient (Wildman–Crippen LogP) is 3.58. The van der Waals surface area contributed by atoms with Gasteiger partial charge in [-0.15, -0.1) is 0 Å². The minimum atomic E-state index is -0.412. The number of amides is 2. The lowest BCUT2D eigenvalue weighted by Gasteiger charge is -2.22. The average Bonchev–Trinajstić information content (AvgIpc) is 2.72. The van der Waals surface area contributed by atoms with Crippen LogP contribution in [-0.4, -0.2) is 39.4 Å². The minimum Gasteiger partial charge on any atom is -0.332 e. The largest absolute Gasteiger partial charge is 0.332 e. The lowest BCUT2D eigenvalue weighted by atomic mass is 10.2. The van der Waals surface area contributed by atoms with E-state index < -0.39 is 5.91 Å². The maximum Gasteiger partial charge on any atom is 0.261 e. The van der Waals surface area contributed by atoms with Gasteiger partial charge in [0.25, 0.3) is 5.56 Å². The third kappa shape index (κ3) is 5.17. The van der Waals surface area contributed by atoms with Gasteiger partial charge in [-0.25, -0.2) is 4.98 Å². The summed E-state index contributed by atoms with van der Waals surface area (Å²) in [5.74, 6) is -0.770. The van der Waals surface area contributed by atoms with Crippen molar-refractivity contribution in [3.05, 3.63) is 69.2 Å². The van der Waals surface area contributed by atoms with Crippen molar-refractivity contribution >= 4 is 51.6 Å². The number of fused-ring (bicyclic) bond motifs is 1. The molecule has 30 heavy (non-hydrogen) atoms. The van der Waals surface area contributed by atoms with Gasteiger partial charge in [-0.05, 0) is 36.8 Å². The first-order valence-electron chi connectivity index (χ1n) is 9.36. The van der Waals surface area contributed by atoms with Crippen LogP contribution >= 0.6 is 23.2 Å². The number of nitrogens with zero attached hydrogens (tertiary/aromatic N) is 3. The molecule has 0 fully saturated rings. The number of halogens is 2. The van der Waals surface area contributed by atoms with Crippen molar-refractivity contribution in [3.63, 3.8) is 0 Å². The minimum absolute atomic E-state index is 0.175. The highest BCUT2D eigenvalue weighted by Gasteiger charge is 2.19. The number of aromatic nitrogens is 2. The number of carbonyl (C=O) groups excluding carboxylic acids is 2. The van der Waals surface area contributed by atoms with E-state index in [0.29, 0.717) is 39.6 Å². The van der Waals surface area contributed by atoms with Crippen LogP contribution in [0.2, 0.25) is 10.0 Å². The average molecular weight is 447 g/mol. The normalized spacial score (nSPS) is 10.8. The van der Waals surface area contributed by atoms with Gasteiger partial charge < -0.3 is 10.2 Å². The Morgan fingerprint density at radius 2 is 1.93 bits per heavy atom. The van der Waals surface area contributed by atoms with Crippen LogP contribution in [0.3, 0.4) is 0 Å². The fourth-order valence-electron chi connectivity index (χ4n) is 2.98. The van der Waals surface area contributed by atoms with E-state index in [1.54, 1.807) is 36.4 Å². The smallest absolute Gasteiger partial charge is 0.261 e. The highest BCUT2D eigenvalue weighted by molar-refractivity contribution is 6.35. The van der Waals surface area contributed by atoms with Crippen LogP contribution in [0.4, 0.5) is 5.69 Å². The van der Waals surface area contributed by atoms with E-state index in [-0.39, 0.29) is 24.6 Å². The molecule has 0 atom stereocenters. The number of benzene rings is 2. The van der Waals surface area contributed by atoms with E-state index in [1.165, 1.54) is 21.9 Å². The predicted molar refractivity (Wildman–Crippen MR) is 118 cm³/mol. The maximum atomic E-state index is 12.8. The zero-order valence-electron chi connectivity index (χ0n) is 16.3. The molecule has 0 unspecified atom stereocenters. The highest BCUT2D eigenvalue weighted by Crippen LogP contribution is 2.25. The lowest BCUT2D eigenvalue weighted by Crippen LogP contribution is -2.41. The molecule has 1 N–H and O–H groups in total. The van der Waals surface area contributed by atoms with E-state index >= 15 is 0 Å². The van der Waals surface area contributed by atoms with Gasteiger partial charge in [0.05, 0.1) is 34.5 Å². The van der Waals surface area contributed by atoms with Gasteiger partial charge in [-0.1, -0.05) is 42.3 Å². The summed E-state index contributed by atoms with van der Waals surface area (Å²) in [7, 11) is 0. The molecular weight excluding hydrogens is 427 g/mol. The standard InChI is InChI=1S/C21H20Cl2N4O3/c1-2-9-26(11-19(28)25-18-10-14(22)7-8-16(18)23)20(29)12-27-13-24-17-6-4-3-5-15(17)21(27)30/h3-8,10,13H,2,9,11-12H2,1H3,(H,25,28). The monoisotopic (exact) mass is 446 g/mol. The number of rotatable bonds is 7. The first kappa shape index (κ1) is 21.8. The van der Waals surface area contributed by atoms with E-state index in [1.807, 2.05) is 6.92 Å². The Morgan fingerprint density at radius 1 is 1.17 bits per heavy atom. The second-order valence-electron chi connectivity index (χ2n) is 6.68. The quantitative estimate of drug-likeness (QED) is 0.600. The number of anilines is 1. The van der Waals surface area contributed by atoms with Gasteiger partial charge in [0.2, 0.25) is 11.8 Å². The van der Waals surface area contributed by atoms with Crippen LogP contribution < -0.4 is 10.9 Å². The molecule has 7 nitrogen and oxygen atoms in total. The van der Waals surface area contributed by atoms with Gasteiger partial charge in [-0.2, -0.15) is 0 Å². The van der Waals surface area contributed by atoms with Gasteiger partial charge in [0.15, 0.2) is 0 Å². The lowest BCUT2D eigenvalue weighted by molar-refractivity contribution is -0.135. The fraction of sp³-hybridized carbons (Fsp3) is 0.238. The second-order valence-corrected chi connectivity index (χ2v) is 7.53. The van der Waals surface area contributed by atoms with E-state index in [9.17, 15) is 14.4 Å². The van der Waals surface area contributed by atoms with Crippen molar-refractivity contribution in [2.45, 2.75) is 19.9 Å². The fourth-order valence-corrected chi connectivity index (χ4v) is 3.32. The molecule has 0 aliphatic heterocycles. The second kappa shape index (κ2) is 9.73. The van der Waals surface area contributed by atoms with Crippen molar-refractivity contribution in [3.8, 4) is 0 Å². The van der Waals surface area contributed by atoms with E-state index in [0.717, 1.165) is 0 Å². The highest BCUT2D eigenvalue weighted by atomic mass is 35.5. The molecule has 9 heteroatoms. The molecule has 156 valence electrons. The number of hydrogen-bond donors (Lipinski definition) is 1. The van der Waals surface area contributed by atoms with Crippen LogP contribution in [0.5, 0.6) is 0 Å². The van der Waals surface area contributed by atoms with Gasteiger partial charge in [0, 0.05) is 11.6 Å². The summed E-state index contributed by atoms with van der Waals surface area (Å²) in [6.45, 7) is 1.88. The van der Waals surface area contributed by atoms with Crippen molar-refractivity contribution in [2.75, 3.05) is 18.4 Å². The molecule has 0 saturated carbocycles. The Labute approximate surface area is 183 Å². The molecule has 2 amide bonds. The number of nitrogens with one attached hydrogen (secondary N) is 1. The van der Waals surface area contributed by atoms with Crippen molar-refractivity contribution in [2.24, 2.45) is 0 Å². The Kier molecular flexibility index (Phi) is 7.07. The Bertz CT molecular complexity index is 1150. The zero-order chi connectivity index (χ0) is 21.7. The topological polar surface area (TPSA) is 84.3 Å². The summed E-state index contributed by atoms with van der Waals surface area (Å²) in [4.78, 5) is 43.5. The van der Waals surface area contributed by atoms with E-state index in [2.05, 4.69) is 10.3 Å². The molecular formula is C21H20Cl2N4O3. The molecule has 0 aliphatic rings. The Morgan fingerprint density at radius 3 is 2.70 bits per heavy atom. The molecule has 0 saturated heterocycles. The summed E-state index contributed by atoms with van der Waals surface area (Å²) in [5.41, 5.74) is 0.628. The molecule has 1 aromatic heterocycles. The molecule has 0 aliphatic carbocycles. The van der Waals surface area contributed by atoms with Crippen LogP contribution in [0.25, 0.3) is 10.9 Å². The first-order chi connectivity index (χ1) is 14.4. The summed E-state index contributed by atoms with van der Waals surface area (Å²) < 4.78 is 1.25. The van der Waals surface area contributed by atoms with Gasteiger partial charge in [0.1, 0.15) is 6.54 Å².